The van der Waals surface area contributed by atoms with Crippen LogP contribution in [0.1, 0.15) is 29.4 Å². The zero-order valence-electron chi connectivity index (χ0n) is 12.7. The van der Waals surface area contributed by atoms with Gasteiger partial charge in [0.15, 0.2) is 5.78 Å². The molecule has 3 aromatic rings. The van der Waals surface area contributed by atoms with Crippen molar-refractivity contribution in [1.82, 2.24) is 14.5 Å². The quantitative estimate of drug-likeness (QED) is 0.536. The Hall–Kier alpha value is -2.51. The number of nitrogens with zero attached hydrogens (tertiary/aromatic N) is 3. The first-order chi connectivity index (χ1) is 11.1. The van der Waals surface area contributed by atoms with Crippen molar-refractivity contribution in [3.63, 3.8) is 0 Å². The number of hydrogen-bond acceptors (Lipinski definition) is 5. The van der Waals surface area contributed by atoms with Crippen LogP contribution < -0.4 is 5.46 Å². The fourth-order valence-corrected chi connectivity index (χ4v) is 2.41. The number of ketones is 1. The first-order valence-electron chi connectivity index (χ1n) is 7.37. The fraction of sp³-hybridized carbons (Fsp3) is 0.188. The molecule has 0 spiro atoms. The van der Waals surface area contributed by atoms with Gasteiger partial charge in [0.05, 0.1) is 18.0 Å². The Morgan fingerprint density at radius 2 is 1.96 bits per heavy atom. The minimum Gasteiger partial charge on any atom is -0.423 e. The van der Waals surface area contributed by atoms with E-state index in [4.69, 9.17) is 10.0 Å². The van der Waals surface area contributed by atoms with Crippen LogP contribution >= 0.6 is 0 Å². The molecule has 7 heteroatoms. The highest BCUT2D eigenvalue weighted by molar-refractivity contribution is 6.58. The molecule has 0 radical (unpaired) electrons. The summed E-state index contributed by atoms with van der Waals surface area (Å²) in [5, 5.41) is 18.2. The van der Waals surface area contributed by atoms with E-state index < -0.39 is 7.12 Å². The molecule has 0 fully saturated rings. The largest absolute Gasteiger partial charge is 0.488 e. The second-order valence-electron chi connectivity index (χ2n) is 5.32. The van der Waals surface area contributed by atoms with Gasteiger partial charge in [0.25, 0.3) is 0 Å². The second kappa shape index (κ2) is 6.32. The fourth-order valence-electron chi connectivity index (χ4n) is 2.41. The number of aromatic nitrogens is 3. The van der Waals surface area contributed by atoms with Crippen LogP contribution in [0.25, 0.3) is 11.0 Å². The van der Waals surface area contributed by atoms with Crippen molar-refractivity contribution in [3.8, 4) is 0 Å². The SMILES string of the molecule is CCC(=O)c1cc2c(cn1)ncn2Cc1ccc(B(O)O)cc1. The Morgan fingerprint density at radius 3 is 2.61 bits per heavy atom. The molecule has 0 aliphatic heterocycles. The van der Waals surface area contributed by atoms with Gasteiger partial charge >= 0.3 is 7.12 Å². The molecule has 0 saturated carbocycles. The Labute approximate surface area is 133 Å². The van der Waals surface area contributed by atoms with E-state index in [1.807, 2.05) is 23.6 Å². The first-order valence-corrected chi connectivity index (χ1v) is 7.37. The summed E-state index contributed by atoms with van der Waals surface area (Å²) in [4.78, 5) is 20.3. The van der Waals surface area contributed by atoms with E-state index in [0.29, 0.717) is 24.1 Å². The molecular formula is C16H16BN3O3. The normalized spacial score (nSPS) is 10.9. The van der Waals surface area contributed by atoms with Crippen LogP contribution in [0.15, 0.2) is 42.9 Å². The minimum absolute atomic E-state index is 0.000867. The summed E-state index contributed by atoms with van der Waals surface area (Å²) >= 11 is 0. The van der Waals surface area contributed by atoms with Crippen LogP contribution in [-0.2, 0) is 6.54 Å². The molecule has 2 N–H and O–H groups in total. The van der Waals surface area contributed by atoms with E-state index in [1.165, 1.54) is 0 Å². The molecule has 2 heterocycles. The minimum atomic E-state index is -1.47. The summed E-state index contributed by atoms with van der Waals surface area (Å²) < 4.78 is 1.94. The summed E-state index contributed by atoms with van der Waals surface area (Å²) in [5.41, 5.74) is 3.47. The van der Waals surface area contributed by atoms with Crippen molar-refractivity contribution in [2.24, 2.45) is 0 Å². The summed E-state index contributed by atoms with van der Waals surface area (Å²) in [6.45, 7) is 2.38. The highest BCUT2D eigenvalue weighted by atomic mass is 16.4. The zero-order valence-corrected chi connectivity index (χ0v) is 12.7. The molecule has 0 unspecified atom stereocenters. The van der Waals surface area contributed by atoms with Gasteiger partial charge in [0.2, 0.25) is 0 Å². The van der Waals surface area contributed by atoms with E-state index >= 15 is 0 Å². The number of hydrogen-bond donors (Lipinski definition) is 2. The monoisotopic (exact) mass is 309 g/mol. The van der Waals surface area contributed by atoms with Crippen molar-refractivity contribution in [2.45, 2.75) is 19.9 Å². The lowest BCUT2D eigenvalue weighted by Crippen LogP contribution is -2.29. The third kappa shape index (κ3) is 3.15. The molecule has 0 aliphatic carbocycles. The number of pyridine rings is 1. The van der Waals surface area contributed by atoms with Gasteiger partial charge in [-0.15, -0.1) is 0 Å². The number of fused-ring (bicyclic) bond motifs is 1. The van der Waals surface area contributed by atoms with Crippen LogP contribution in [0.3, 0.4) is 0 Å². The van der Waals surface area contributed by atoms with Crippen molar-refractivity contribution >= 4 is 29.4 Å². The lowest BCUT2D eigenvalue weighted by atomic mass is 9.80. The Balaban J connectivity index is 1.91. The van der Waals surface area contributed by atoms with Gasteiger partial charge in [0, 0.05) is 13.0 Å². The molecule has 0 atom stereocenters. The molecule has 6 nitrogen and oxygen atoms in total. The Kier molecular flexibility index (Phi) is 4.23. The Morgan fingerprint density at radius 1 is 1.22 bits per heavy atom. The van der Waals surface area contributed by atoms with Gasteiger partial charge in [-0.1, -0.05) is 31.2 Å². The topological polar surface area (TPSA) is 88.2 Å². The van der Waals surface area contributed by atoms with Crippen molar-refractivity contribution < 1.29 is 14.8 Å². The van der Waals surface area contributed by atoms with Gasteiger partial charge in [-0.3, -0.25) is 9.78 Å². The number of Topliss-reactive ketones (excluding diaryl/α,β-unsaturated/α-hetero) is 1. The van der Waals surface area contributed by atoms with Crippen molar-refractivity contribution in [1.29, 1.82) is 0 Å². The molecule has 116 valence electrons. The molecule has 2 aromatic heterocycles. The van der Waals surface area contributed by atoms with Crippen LogP contribution in [0, 0.1) is 0 Å². The average Bonchev–Trinajstić information content (AvgIpc) is 2.97. The predicted molar refractivity (Wildman–Crippen MR) is 87.5 cm³/mol. The molecule has 0 saturated heterocycles. The molecule has 0 bridgehead atoms. The maximum atomic E-state index is 11.8. The number of carbonyl (C=O) groups excluding carboxylic acids is 1. The molecule has 3 rings (SSSR count). The lowest BCUT2D eigenvalue weighted by molar-refractivity contribution is 0.0983. The smallest absolute Gasteiger partial charge is 0.423 e. The van der Waals surface area contributed by atoms with E-state index in [0.717, 1.165) is 16.6 Å². The Bertz CT molecular complexity index is 843. The number of benzene rings is 1. The standard InChI is InChI=1S/C16H16BN3O3/c1-2-16(21)13-7-15-14(8-18-13)19-10-20(15)9-11-3-5-12(6-4-11)17(22)23/h3-8,10,22-23H,2,9H2,1H3. The maximum absolute atomic E-state index is 11.8. The maximum Gasteiger partial charge on any atom is 0.488 e. The van der Waals surface area contributed by atoms with Crippen LogP contribution in [0.4, 0.5) is 0 Å². The van der Waals surface area contributed by atoms with Gasteiger partial charge in [-0.2, -0.15) is 0 Å². The van der Waals surface area contributed by atoms with Crippen molar-refractivity contribution in [3.05, 3.63) is 54.1 Å². The van der Waals surface area contributed by atoms with Crippen molar-refractivity contribution in [2.75, 3.05) is 0 Å². The van der Waals surface area contributed by atoms with E-state index in [-0.39, 0.29) is 5.78 Å². The predicted octanol–water partition coefficient (Wildman–Crippen LogP) is 0.752. The first kappa shape index (κ1) is 15.4. The van der Waals surface area contributed by atoms with Crippen LogP contribution in [0.5, 0.6) is 0 Å². The zero-order chi connectivity index (χ0) is 16.4. The second-order valence-corrected chi connectivity index (χ2v) is 5.32. The highest BCUT2D eigenvalue weighted by Gasteiger charge is 2.12. The number of imidazole rings is 1. The molecule has 23 heavy (non-hydrogen) atoms. The van der Waals surface area contributed by atoms with Gasteiger partial charge in [0.1, 0.15) is 11.2 Å². The van der Waals surface area contributed by atoms with Crippen LogP contribution in [0.2, 0.25) is 0 Å². The lowest BCUT2D eigenvalue weighted by Gasteiger charge is -2.06. The summed E-state index contributed by atoms with van der Waals surface area (Å²) in [7, 11) is -1.47. The molecule has 1 aromatic carbocycles. The number of carbonyl (C=O) groups is 1. The van der Waals surface area contributed by atoms with Gasteiger partial charge in [-0.25, -0.2) is 4.98 Å². The third-order valence-corrected chi connectivity index (χ3v) is 3.75. The summed E-state index contributed by atoms with van der Waals surface area (Å²) in [6.07, 6.45) is 3.74. The molecular weight excluding hydrogens is 293 g/mol. The summed E-state index contributed by atoms with van der Waals surface area (Å²) in [5.74, 6) is 0.000867. The van der Waals surface area contributed by atoms with Gasteiger partial charge < -0.3 is 14.6 Å². The van der Waals surface area contributed by atoms with E-state index in [1.54, 1.807) is 30.7 Å². The van der Waals surface area contributed by atoms with Crippen LogP contribution in [-0.4, -0.2) is 37.5 Å². The number of rotatable bonds is 5. The molecule has 0 amide bonds. The molecule has 0 aliphatic rings. The van der Waals surface area contributed by atoms with E-state index in [2.05, 4.69) is 9.97 Å². The van der Waals surface area contributed by atoms with E-state index in [9.17, 15) is 4.79 Å². The summed E-state index contributed by atoms with van der Waals surface area (Å²) in [6, 6.07) is 8.78. The highest BCUT2D eigenvalue weighted by Crippen LogP contribution is 2.15. The average molecular weight is 309 g/mol. The van der Waals surface area contributed by atoms with Gasteiger partial charge in [-0.05, 0) is 17.1 Å². The third-order valence-electron chi connectivity index (χ3n) is 3.75.